The number of hydrogen-bond acceptors (Lipinski definition) is 3. The van der Waals surface area contributed by atoms with Crippen LogP contribution in [0.15, 0.2) is 47.6 Å². The van der Waals surface area contributed by atoms with Gasteiger partial charge in [-0.3, -0.25) is 0 Å². The minimum absolute atomic E-state index is 0.172. The fourth-order valence-corrected chi connectivity index (χ4v) is 7.58. The molecule has 0 spiro atoms. The number of aliphatic hydroxyl groups excluding tert-OH is 3. The number of rotatable bonds is 7. The van der Waals surface area contributed by atoms with Gasteiger partial charge in [0.15, 0.2) is 0 Å². The van der Waals surface area contributed by atoms with Crippen LogP contribution in [0.1, 0.15) is 91.4 Å². The Kier molecular flexibility index (Phi) is 7.44. The van der Waals surface area contributed by atoms with Crippen molar-refractivity contribution >= 4 is 0 Å². The molecular weight excluding hydrogens is 408 g/mol. The van der Waals surface area contributed by atoms with Crippen LogP contribution < -0.4 is 0 Å². The molecule has 0 aromatic rings. The molecule has 0 amide bonds. The van der Waals surface area contributed by atoms with E-state index in [1.54, 1.807) is 0 Å². The Morgan fingerprint density at radius 1 is 1.12 bits per heavy atom. The fraction of sp³-hybridized carbons (Fsp3) is 0.733. The van der Waals surface area contributed by atoms with Gasteiger partial charge in [-0.15, -0.1) is 0 Å². The fourth-order valence-electron chi connectivity index (χ4n) is 7.58. The second kappa shape index (κ2) is 9.84. The van der Waals surface area contributed by atoms with Gasteiger partial charge in [-0.2, -0.15) is 0 Å². The van der Waals surface area contributed by atoms with Crippen molar-refractivity contribution in [2.24, 2.45) is 28.6 Å². The van der Waals surface area contributed by atoms with E-state index in [2.05, 4.69) is 51.7 Å². The molecule has 3 heteroatoms. The maximum atomic E-state index is 10.8. The van der Waals surface area contributed by atoms with Gasteiger partial charge in [0.05, 0.1) is 18.3 Å². The Bertz CT molecular complexity index is 816. The lowest BCUT2D eigenvalue weighted by Crippen LogP contribution is -2.35. The monoisotopic (exact) mass is 454 g/mol. The van der Waals surface area contributed by atoms with Gasteiger partial charge < -0.3 is 15.3 Å². The highest BCUT2D eigenvalue weighted by Gasteiger charge is 2.51. The van der Waals surface area contributed by atoms with Crippen LogP contribution in [0, 0.1) is 28.6 Å². The van der Waals surface area contributed by atoms with Crippen molar-refractivity contribution in [3.63, 3.8) is 0 Å². The van der Waals surface area contributed by atoms with Crippen LogP contribution in [0.3, 0.4) is 0 Å². The predicted octanol–water partition coefficient (Wildman–Crippen LogP) is 6.26. The van der Waals surface area contributed by atoms with Gasteiger partial charge in [-0.05, 0) is 97.5 Å². The first-order chi connectivity index (χ1) is 15.7. The second-order valence-corrected chi connectivity index (χ2v) is 12.0. The highest BCUT2D eigenvalue weighted by molar-refractivity contribution is 5.38. The molecule has 7 atom stereocenters. The van der Waals surface area contributed by atoms with Crippen LogP contribution in [0.5, 0.6) is 0 Å². The molecule has 0 bridgehead atoms. The molecule has 184 valence electrons. The van der Waals surface area contributed by atoms with Gasteiger partial charge in [-0.25, -0.2) is 0 Å². The van der Waals surface area contributed by atoms with Crippen LogP contribution >= 0.6 is 0 Å². The topological polar surface area (TPSA) is 60.7 Å². The highest BCUT2D eigenvalue weighted by Crippen LogP contribution is 2.60. The molecule has 4 saturated carbocycles. The minimum Gasteiger partial charge on any atom is -0.393 e. The van der Waals surface area contributed by atoms with E-state index in [0.717, 1.165) is 30.4 Å². The van der Waals surface area contributed by atoms with E-state index in [4.69, 9.17) is 0 Å². The summed E-state index contributed by atoms with van der Waals surface area (Å²) < 4.78 is 0. The Morgan fingerprint density at radius 3 is 2.58 bits per heavy atom. The zero-order chi connectivity index (χ0) is 23.8. The summed E-state index contributed by atoms with van der Waals surface area (Å²) in [5.41, 5.74) is 3.79. The summed E-state index contributed by atoms with van der Waals surface area (Å²) in [5, 5.41) is 31.1. The Morgan fingerprint density at radius 2 is 1.88 bits per heavy atom. The molecule has 0 aromatic heterocycles. The van der Waals surface area contributed by atoms with Crippen molar-refractivity contribution in [2.75, 3.05) is 0 Å². The van der Waals surface area contributed by atoms with Crippen molar-refractivity contribution in [1.82, 2.24) is 0 Å². The molecule has 4 aliphatic carbocycles. The highest BCUT2D eigenvalue weighted by atomic mass is 16.3. The van der Waals surface area contributed by atoms with E-state index in [1.165, 1.54) is 44.1 Å². The van der Waals surface area contributed by atoms with E-state index >= 15 is 0 Å². The summed E-state index contributed by atoms with van der Waals surface area (Å²) >= 11 is 0. The normalized spacial score (nSPS) is 40.4. The van der Waals surface area contributed by atoms with Gasteiger partial charge >= 0.3 is 0 Å². The molecule has 4 rings (SSSR count). The lowest BCUT2D eigenvalue weighted by atomic mass is 9.61. The lowest BCUT2D eigenvalue weighted by molar-refractivity contribution is 0.0862. The van der Waals surface area contributed by atoms with E-state index in [1.807, 2.05) is 0 Å². The van der Waals surface area contributed by atoms with Crippen molar-refractivity contribution in [2.45, 2.75) is 110 Å². The minimum atomic E-state index is -0.624. The Balaban J connectivity index is 1.46. The van der Waals surface area contributed by atoms with Crippen molar-refractivity contribution in [1.29, 1.82) is 0 Å². The predicted molar refractivity (Wildman–Crippen MR) is 136 cm³/mol. The molecule has 3 nitrogen and oxygen atoms in total. The summed E-state index contributed by atoms with van der Waals surface area (Å²) in [6, 6.07) is 0. The largest absolute Gasteiger partial charge is 0.393 e. The zero-order valence-electron chi connectivity index (χ0n) is 21.1. The summed E-state index contributed by atoms with van der Waals surface area (Å²) in [5.74, 6) is 1.74. The zero-order valence-corrected chi connectivity index (χ0v) is 21.1. The maximum Gasteiger partial charge on any atom is 0.0811 e. The molecule has 0 aliphatic heterocycles. The number of hydrogen-bond donors (Lipinski definition) is 3. The smallest absolute Gasteiger partial charge is 0.0811 e. The van der Waals surface area contributed by atoms with Crippen LogP contribution in [0.25, 0.3) is 0 Å². The third-order valence-electron chi connectivity index (χ3n) is 9.80. The quantitative estimate of drug-likeness (QED) is 0.398. The molecule has 3 N–H and O–H groups in total. The van der Waals surface area contributed by atoms with Crippen molar-refractivity contribution in [3.05, 3.63) is 47.6 Å². The van der Waals surface area contributed by atoms with Crippen LogP contribution in [-0.2, 0) is 0 Å². The van der Waals surface area contributed by atoms with E-state index in [0.29, 0.717) is 36.0 Å². The van der Waals surface area contributed by atoms with Crippen LogP contribution in [0.2, 0.25) is 0 Å². The van der Waals surface area contributed by atoms with Gasteiger partial charge in [0.2, 0.25) is 0 Å². The lowest BCUT2D eigenvalue weighted by Gasteiger charge is -2.44. The Hall–Kier alpha value is -1.16. The van der Waals surface area contributed by atoms with Gasteiger partial charge in [0.1, 0.15) is 0 Å². The average molecular weight is 455 g/mol. The standard InChI is InChI=1S/C30H46O3/c1-5-14-30(16-17-30)28(33)13-8-20(2)25-11-12-26-22(7-6-15-29(25,26)4)9-10-23-18-24(31)19-27(32)21(23)3/h8-10,13,20,24-28,31-33H,3,5-7,11-12,14-19H2,1-2,4H3/t20-,24-,25-,26+,27+,28+,29-/m1/s1. The van der Waals surface area contributed by atoms with Gasteiger partial charge in [0.25, 0.3) is 0 Å². The second-order valence-electron chi connectivity index (χ2n) is 12.0. The Labute approximate surface area is 201 Å². The molecule has 4 aliphatic rings. The molecule has 0 saturated heterocycles. The summed E-state index contributed by atoms with van der Waals surface area (Å²) in [4.78, 5) is 0. The van der Waals surface area contributed by atoms with Gasteiger partial charge in [0, 0.05) is 6.42 Å². The van der Waals surface area contributed by atoms with Crippen LogP contribution in [0.4, 0.5) is 0 Å². The number of fused-ring (bicyclic) bond motifs is 1. The van der Waals surface area contributed by atoms with Crippen molar-refractivity contribution in [3.8, 4) is 0 Å². The molecule has 33 heavy (non-hydrogen) atoms. The maximum absolute atomic E-state index is 10.8. The first-order valence-corrected chi connectivity index (χ1v) is 13.5. The van der Waals surface area contributed by atoms with E-state index < -0.39 is 12.2 Å². The van der Waals surface area contributed by atoms with Crippen LogP contribution in [-0.4, -0.2) is 33.6 Å². The average Bonchev–Trinajstić information content (AvgIpc) is 3.47. The first kappa shape index (κ1) is 24.9. The summed E-state index contributed by atoms with van der Waals surface area (Å²) in [6.07, 6.45) is 19.3. The SMILES string of the molecule is C=C1C(=CC=C2CCC[C@]3(C)[C@@H]([C@H](C)C=C[C@H](O)C4(CCC)CC4)CC[C@@H]23)C[C@@H](O)C[C@@H]1O. The molecular formula is C30H46O3. The number of allylic oxidation sites excluding steroid dienone is 4. The first-order valence-electron chi connectivity index (χ1n) is 13.5. The van der Waals surface area contributed by atoms with E-state index in [-0.39, 0.29) is 11.5 Å². The number of aliphatic hydroxyl groups is 3. The molecule has 0 heterocycles. The summed E-state index contributed by atoms with van der Waals surface area (Å²) in [6.45, 7) is 11.2. The van der Waals surface area contributed by atoms with Crippen molar-refractivity contribution < 1.29 is 15.3 Å². The molecule has 4 fully saturated rings. The molecule has 0 radical (unpaired) electrons. The third kappa shape index (κ3) is 4.97. The molecule has 0 aromatic carbocycles. The summed E-state index contributed by atoms with van der Waals surface area (Å²) in [7, 11) is 0. The third-order valence-corrected chi connectivity index (χ3v) is 9.80. The van der Waals surface area contributed by atoms with E-state index in [9.17, 15) is 15.3 Å². The van der Waals surface area contributed by atoms with Gasteiger partial charge in [-0.1, -0.05) is 63.6 Å². The molecule has 0 unspecified atom stereocenters.